The maximum absolute atomic E-state index is 5.31. The van der Waals surface area contributed by atoms with Gasteiger partial charge in [0.1, 0.15) is 5.75 Å². The molecule has 0 bridgehead atoms. The van der Waals surface area contributed by atoms with Gasteiger partial charge in [0, 0.05) is 6.54 Å². The second-order valence-corrected chi connectivity index (χ2v) is 5.52. The zero-order valence-corrected chi connectivity index (χ0v) is 10.8. The van der Waals surface area contributed by atoms with Gasteiger partial charge >= 0.3 is 0 Å². The average molecular weight is 231 g/mol. The molecule has 2 heteroatoms. The van der Waals surface area contributed by atoms with E-state index in [1.165, 1.54) is 37.9 Å². The summed E-state index contributed by atoms with van der Waals surface area (Å²) >= 11 is 0. The third-order valence-electron chi connectivity index (χ3n) is 4.47. The predicted molar refractivity (Wildman–Crippen MR) is 69.7 cm³/mol. The molecule has 0 spiro atoms. The molecule has 1 aromatic carbocycles. The molecule has 1 aliphatic heterocycles. The first kappa shape index (κ1) is 11.1. The Bertz CT molecular complexity index is 415. The minimum absolute atomic E-state index is 0.792. The largest absolute Gasteiger partial charge is 0.497 e. The van der Waals surface area contributed by atoms with Gasteiger partial charge in [0.25, 0.3) is 0 Å². The smallest absolute Gasteiger partial charge is 0.119 e. The van der Waals surface area contributed by atoms with Crippen LogP contribution >= 0.6 is 0 Å². The van der Waals surface area contributed by atoms with Gasteiger partial charge in [0.2, 0.25) is 0 Å². The van der Waals surface area contributed by atoms with Gasteiger partial charge in [-0.25, -0.2) is 0 Å². The molecule has 92 valence electrons. The molecule has 0 N–H and O–H groups in total. The summed E-state index contributed by atoms with van der Waals surface area (Å²) in [4.78, 5) is 2.46. The van der Waals surface area contributed by atoms with E-state index in [0.717, 1.165) is 17.6 Å². The molecule has 1 saturated heterocycles. The normalized spacial score (nSPS) is 28.4. The van der Waals surface area contributed by atoms with E-state index >= 15 is 0 Å². The van der Waals surface area contributed by atoms with Crippen LogP contribution in [0.3, 0.4) is 0 Å². The fourth-order valence-electron chi connectivity index (χ4n) is 3.54. The lowest BCUT2D eigenvalue weighted by atomic mass is 9.87. The quantitative estimate of drug-likeness (QED) is 0.776. The minimum atomic E-state index is 0.792. The second-order valence-electron chi connectivity index (χ2n) is 5.52. The molecule has 0 aromatic heterocycles. The summed E-state index contributed by atoms with van der Waals surface area (Å²) < 4.78 is 5.31. The van der Waals surface area contributed by atoms with Gasteiger partial charge in [0.05, 0.1) is 7.11 Å². The van der Waals surface area contributed by atoms with Crippen LogP contribution in [0.15, 0.2) is 18.2 Å². The Kier molecular flexibility index (Phi) is 2.83. The number of hydrogen-bond acceptors (Lipinski definition) is 2. The second kappa shape index (κ2) is 4.34. The van der Waals surface area contributed by atoms with Gasteiger partial charge < -0.3 is 9.64 Å². The Hall–Kier alpha value is -1.02. The van der Waals surface area contributed by atoms with E-state index in [0.29, 0.717) is 0 Å². The highest BCUT2D eigenvalue weighted by atomic mass is 16.5. The summed E-state index contributed by atoms with van der Waals surface area (Å²) in [6, 6.07) is 6.65. The Morgan fingerprint density at radius 2 is 2.18 bits per heavy atom. The van der Waals surface area contributed by atoms with Crippen molar-refractivity contribution in [1.82, 2.24) is 4.90 Å². The van der Waals surface area contributed by atoms with Crippen LogP contribution in [-0.2, 0) is 6.42 Å². The lowest BCUT2D eigenvalue weighted by molar-refractivity contribution is 0.369. The number of fused-ring (bicyclic) bond motifs is 1. The van der Waals surface area contributed by atoms with Crippen molar-refractivity contribution in [3.63, 3.8) is 0 Å². The SMILES string of the molecule is COc1ccc2c(c1)CCC2C1CCN(C)C1. The Morgan fingerprint density at radius 1 is 1.29 bits per heavy atom. The van der Waals surface area contributed by atoms with E-state index in [2.05, 4.69) is 30.1 Å². The van der Waals surface area contributed by atoms with Crippen LogP contribution in [0.1, 0.15) is 29.9 Å². The minimum Gasteiger partial charge on any atom is -0.497 e. The maximum atomic E-state index is 5.31. The number of hydrogen-bond donors (Lipinski definition) is 0. The van der Waals surface area contributed by atoms with Gasteiger partial charge in [-0.2, -0.15) is 0 Å². The van der Waals surface area contributed by atoms with Crippen LogP contribution in [0.2, 0.25) is 0 Å². The highest BCUT2D eigenvalue weighted by molar-refractivity contribution is 5.41. The molecular formula is C15H21NO. The summed E-state index contributed by atoms with van der Waals surface area (Å²) in [5, 5.41) is 0. The number of ether oxygens (including phenoxy) is 1. The molecule has 2 aliphatic rings. The number of aryl methyl sites for hydroxylation is 1. The number of rotatable bonds is 2. The van der Waals surface area contributed by atoms with Crippen LogP contribution in [0.4, 0.5) is 0 Å². The highest BCUT2D eigenvalue weighted by Gasteiger charge is 2.33. The van der Waals surface area contributed by atoms with Crippen molar-refractivity contribution in [2.45, 2.75) is 25.2 Å². The molecule has 0 saturated carbocycles. The molecule has 1 heterocycles. The number of benzene rings is 1. The lowest BCUT2D eigenvalue weighted by Gasteiger charge is -2.19. The molecule has 17 heavy (non-hydrogen) atoms. The Balaban J connectivity index is 1.84. The third kappa shape index (κ3) is 1.95. The van der Waals surface area contributed by atoms with Gasteiger partial charge in [-0.3, -0.25) is 0 Å². The molecule has 1 fully saturated rings. The van der Waals surface area contributed by atoms with Crippen LogP contribution in [0.25, 0.3) is 0 Å². The fraction of sp³-hybridized carbons (Fsp3) is 0.600. The van der Waals surface area contributed by atoms with E-state index in [1.807, 2.05) is 0 Å². The molecular weight excluding hydrogens is 210 g/mol. The Morgan fingerprint density at radius 3 is 2.88 bits per heavy atom. The summed E-state index contributed by atoms with van der Waals surface area (Å²) in [6.07, 6.45) is 3.94. The molecule has 2 nitrogen and oxygen atoms in total. The number of nitrogens with zero attached hydrogens (tertiary/aromatic N) is 1. The van der Waals surface area contributed by atoms with Crippen molar-refractivity contribution in [2.24, 2.45) is 5.92 Å². The first-order chi connectivity index (χ1) is 8.28. The van der Waals surface area contributed by atoms with E-state index in [-0.39, 0.29) is 0 Å². The Labute approximate surface area is 104 Å². The molecule has 0 amide bonds. The lowest BCUT2D eigenvalue weighted by Crippen LogP contribution is -2.17. The molecule has 0 radical (unpaired) electrons. The van der Waals surface area contributed by atoms with E-state index in [4.69, 9.17) is 4.74 Å². The predicted octanol–water partition coefficient (Wildman–Crippen LogP) is 2.68. The highest BCUT2D eigenvalue weighted by Crippen LogP contribution is 2.42. The van der Waals surface area contributed by atoms with E-state index < -0.39 is 0 Å². The van der Waals surface area contributed by atoms with Crippen molar-refractivity contribution in [3.8, 4) is 5.75 Å². The zero-order valence-electron chi connectivity index (χ0n) is 10.8. The average Bonchev–Trinajstić information content (AvgIpc) is 2.93. The number of methoxy groups -OCH3 is 1. The van der Waals surface area contributed by atoms with E-state index in [1.54, 1.807) is 12.7 Å². The van der Waals surface area contributed by atoms with Crippen LogP contribution in [-0.4, -0.2) is 32.1 Å². The van der Waals surface area contributed by atoms with Crippen LogP contribution in [0, 0.1) is 5.92 Å². The monoisotopic (exact) mass is 231 g/mol. The first-order valence-electron chi connectivity index (χ1n) is 6.63. The van der Waals surface area contributed by atoms with Gasteiger partial charge in [-0.05, 0) is 68.0 Å². The standard InChI is InChI=1S/C15H21NO/c1-16-8-7-12(10-16)15-5-3-11-9-13(17-2)4-6-14(11)15/h4,6,9,12,15H,3,5,7-8,10H2,1-2H3. The van der Waals surface area contributed by atoms with Crippen LogP contribution < -0.4 is 4.74 Å². The molecule has 1 aliphatic carbocycles. The van der Waals surface area contributed by atoms with Crippen LogP contribution in [0.5, 0.6) is 5.75 Å². The summed E-state index contributed by atoms with van der Waals surface area (Å²) in [6.45, 7) is 2.54. The summed E-state index contributed by atoms with van der Waals surface area (Å²) in [5.74, 6) is 2.67. The molecule has 2 atom stereocenters. The first-order valence-corrected chi connectivity index (χ1v) is 6.63. The topological polar surface area (TPSA) is 12.5 Å². The molecule has 3 rings (SSSR count). The van der Waals surface area contributed by atoms with E-state index in [9.17, 15) is 0 Å². The zero-order chi connectivity index (χ0) is 11.8. The van der Waals surface area contributed by atoms with Gasteiger partial charge in [-0.15, -0.1) is 0 Å². The van der Waals surface area contributed by atoms with Crippen molar-refractivity contribution in [2.75, 3.05) is 27.2 Å². The third-order valence-corrected chi connectivity index (χ3v) is 4.47. The van der Waals surface area contributed by atoms with Crippen molar-refractivity contribution in [1.29, 1.82) is 0 Å². The van der Waals surface area contributed by atoms with Gasteiger partial charge in [-0.1, -0.05) is 6.07 Å². The summed E-state index contributed by atoms with van der Waals surface area (Å²) in [7, 11) is 3.99. The molecule has 2 unspecified atom stereocenters. The van der Waals surface area contributed by atoms with Crippen molar-refractivity contribution in [3.05, 3.63) is 29.3 Å². The van der Waals surface area contributed by atoms with Crippen molar-refractivity contribution < 1.29 is 4.74 Å². The summed E-state index contributed by atoms with van der Waals surface area (Å²) in [5.41, 5.74) is 3.11. The van der Waals surface area contributed by atoms with Crippen molar-refractivity contribution >= 4 is 0 Å². The molecule has 1 aromatic rings. The van der Waals surface area contributed by atoms with Gasteiger partial charge in [0.15, 0.2) is 0 Å². The number of likely N-dealkylation sites (tertiary alicyclic amines) is 1. The fourth-order valence-corrected chi connectivity index (χ4v) is 3.54. The maximum Gasteiger partial charge on any atom is 0.119 e.